The van der Waals surface area contributed by atoms with Crippen LogP contribution in [0.25, 0.3) is 11.1 Å². The van der Waals surface area contributed by atoms with E-state index in [0.717, 1.165) is 48.3 Å². The maximum Gasteiger partial charge on any atom is 0.340 e. The van der Waals surface area contributed by atoms with Gasteiger partial charge in [0.2, 0.25) is 5.95 Å². The van der Waals surface area contributed by atoms with Crippen LogP contribution in [-0.4, -0.2) is 40.7 Å². The van der Waals surface area contributed by atoms with E-state index in [1.165, 1.54) is 6.07 Å². The van der Waals surface area contributed by atoms with E-state index < -0.39 is 23.6 Å². The Balaban J connectivity index is 2.28. The van der Waals surface area contributed by atoms with E-state index in [9.17, 15) is 9.18 Å². The molecule has 0 amide bonds. The summed E-state index contributed by atoms with van der Waals surface area (Å²) < 4.78 is 25.9. The number of esters is 1. The van der Waals surface area contributed by atoms with Crippen molar-refractivity contribution in [1.29, 1.82) is 0 Å². The minimum Gasteiger partial charge on any atom is -0.461 e. The van der Waals surface area contributed by atoms with Crippen molar-refractivity contribution in [3.63, 3.8) is 0 Å². The van der Waals surface area contributed by atoms with Gasteiger partial charge in [0, 0.05) is 47.9 Å². The van der Waals surface area contributed by atoms with E-state index in [4.69, 9.17) is 9.47 Å². The van der Waals surface area contributed by atoms with Gasteiger partial charge in [0.1, 0.15) is 0 Å². The Morgan fingerprint density at radius 1 is 1.09 bits per heavy atom. The maximum atomic E-state index is 13.9. The highest BCUT2D eigenvalue weighted by Gasteiger charge is 2.37. The lowest BCUT2D eigenvalue weighted by atomic mass is 9.82. The number of aryl methyl sites for hydroxylation is 2. The maximum absolute atomic E-state index is 13.9. The van der Waals surface area contributed by atoms with Crippen molar-refractivity contribution in [3.05, 3.63) is 41.2 Å². The largest absolute Gasteiger partial charge is 0.461 e. The van der Waals surface area contributed by atoms with Gasteiger partial charge in [0.25, 0.3) is 0 Å². The molecule has 3 heterocycles. The number of ether oxygens (including phenoxy) is 2. The summed E-state index contributed by atoms with van der Waals surface area (Å²) in [4.78, 5) is 24.3. The number of rotatable bonds is 6. The Kier molecular flexibility index (Phi) is 7.89. The molecule has 0 unspecified atom stereocenters. The molecule has 1 saturated heterocycles. The van der Waals surface area contributed by atoms with Crippen LogP contribution in [0.1, 0.15) is 84.2 Å². The van der Waals surface area contributed by atoms with Crippen molar-refractivity contribution in [1.82, 2.24) is 9.97 Å². The van der Waals surface area contributed by atoms with E-state index >= 15 is 0 Å². The summed E-state index contributed by atoms with van der Waals surface area (Å²) in [5.74, 6) is -0.966. The Morgan fingerprint density at radius 3 is 2.23 bits per heavy atom. The topological polar surface area (TPSA) is 64.5 Å². The molecule has 0 aromatic carbocycles. The molecule has 3 rings (SSSR count). The van der Waals surface area contributed by atoms with Crippen molar-refractivity contribution in [2.75, 3.05) is 18.0 Å². The first kappa shape index (κ1) is 27.1. The van der Waals surface area contributed by atoms with Crippen LogP contribution < -0.4 is 4.90 Å². The average Bonchev–Trinajstić information content (AvgIpc) is 2.71. The van der Waals surface area contributed by atoms with Gasteiger partial charge in [0.05, 0.1) is 17.4 Å². The molecule has 0 spiro atoms. The van der Waals surface area contributed by atoms with Crippen LogP contribution in [0.5, 0.6) is 0 Å². The molecule has 6 nitrogen and oxygen atoms in total. The summed E-state index contributed by atoms with van der Waals surface area (Å²) in [6.45, 7) is 19.4. The molecule has 7 heteroatoms. The number of carbonyl (C=O) groups is 1. The third-order valence-electron chi connectivity index (χ3n) is 6.39. The fourth-order valence-corrected chi connectivity index (χ4v) is 4.47. The number of pyridine rings is 2. The minimum atomic E-state index is -0.955. The third kappa shape index (κ3) is 6.57. The lowest BCUT2D eigenvalue weighted by molar-refractivity contribution is -0.171. The van der Waals surface area contributed by atoms with E-state index in [0.29, 0.717) is 11.3 Å². The fraction of sp³-hybridized carbons (Fsp3) is 0.607. The van der Waals surface area contributed by atoms with Crippen molar-refractivity contribution in [2.45, 2.75) is 93.0 Å². The van der Waals surface area contributed by atoms with Gasteiger partial charge in [-0.05, 0) is 78.4 Å². The van der Waals surface area contributed by atoms with Crippen LogP contribution >= 0.6 is 0 Å². The molecular weight excluding hydrogens is 445 g/mol. The molecule has 192 valence electrons. The standard InChI is InChI=1S/C28H40FN3O3/c1-17(2)34-26(33)25(35-27(5,6)7)23-19(4)30-16-21(20-15-31-22(29)14-18(20)3)24(23)32-12-10-28(8,9)11-13-32/h14-17,25H,10-13H2,1-9H3/t25-/m0/s1. The summed E-state index contributed by atoms with van der Waals surface area (Å²) in [5, 5.41) is 0. The summed E-state index contributed by atoms with van der Waals surface area (Å²) in [7, 11) is 0. The molecule has 0 N–H and O–H groups in total. The molecule has 2 aromatic heterocycles. The molecule has 1 fully saturated rings. The number of hydrogen-bond acceptors (Lipinski definition) is 6. The number of halogens is 1. The summed E-state index contributed by atoms with van der Waals surface area (Å²) >= 11 is 0. The Morgan fingerprint density at radius 2 is 1.69 bits per heavy atom. The van der Waals surface area contributed by atoms with Gasteiger partial charge in [-0.1, -0.05) is 13.8 Å². The number of nitrogens with zero attached hydrogens (tertiary/aromatic N) is 3. The van der Waals surface area contributed by atoms with Crippen molar-refractivity contribution >= 4 is 11.7 Å². The van der Waals surface area contributed by atoms with Gasteiger partial charge in [0.15, 0.2) is 6.10 Å². The quantitative estimate of drug-likeness (QED) is 0.352. The molecule has 1 atom stereocenters. The van der Waals surface area contributed by atoms with Crippen LogP contribution in [0, 0.1) is 25.2 Å². The van der Waals surface area contributed by atoms with E-state index in [1.807, 2.05) is 48.5 Å². The van der Waals surface area contributed by atoms with Crippen LogP contribution in [0.15, 0.2) is 18.5 Å². The third-order valence-corrected chi connectivity index (χ3v) is 6.39. The van der Waals surface area contributed by atoms with Crippen LogP contribution in [0.2, 0.25) is 0 Å². The SMILES string of the molecule is Cc1cc(F)ncc1-c1cnc(C)c([C@H](OC(C)(C)C)C(=O)OC(C)C)c1N1CCC(C)(C)CC1. The average molecular weight is 486 g/mol. The number of piperidine rings is 1. The fourth-order valence-electron chi connectivity index (χ4n) is 4.47. The van der Waals surface area contributed by atoms with Crippen LogP contribution in [0.3, 0.4) is 0 Å². The van der Waals surface area contributed by atoms with Crippen molar-refractivity contribution in [3.8, 4) is 11.1 Å². The highest BCUT2D eigenvalue weighted by atomic mass is 19.1. The Labute approximate surface area is 209 Å². The highest BCUT2D eigenvalue weighted by Crippen LogP contribution is 2.44. The second-order valence-corrected chi connectivity index (χ2v) is 11.6. The zero-order valence-corrected chi connectivity index (χ0v) is 22.7. The second-order valence-electron chi connectivity index (χ2n) is 11.6. The van der Waals surface area contributed by atoms with Gasteiger partial charge in [-0.15, -0.1) is 0 Å². The molecule has 0 saturated carbocycles. The van der Waals surface area contributed by atoms with Crippen LogP contribution in [-0.2, 0) is 14.3 Å². The minimum absolute atomic E-state index is 0.240. The van der Waals surface area contributed by atoms with Gasteiger partial charge in [-0.25, -0.2) is 9.78 Å². The molecule has 1 aliphatic rings. The van der Waals surface area contributed by atoms with Crippen molar-refractivity contribution < 1.29 is 18.7 Å². The monoisotopic (exact) mass is 485 g/mol. The Hall–Kier alpha value is -2.54. The summed E-state index contributed by atoms with van der Waals surface area (Å²) in [5.41, 5.74) is 4.29. The second kappa shape index (κ2) is 10.2. The Bertz CT molecular complexity index is 1070. The smallest absolute Gasteiger partial charge is 0.340 e. The molecule has 0 bridgehead atoms. The zero-order chi connectivity index (χ0) is 26.1. The van der Waals surface area contributed by atoms with E-state index in [2.05, 4.69) is 28.7 Å². The van der Waals surface area contributed by atoms with E-state index in [1.54, 1.807) is 12.4 Å². The number of anilines is 1. The van der Waals surface area contributed by atoms with Crippen molar-refractivity contribution in [2.24, 2.45) is 5.41 Å². The van der Waals surface area contributed by atoms with Gasteiger partial charge in [-0.3, -0.25) is 4.98 Å². The first-order valence-corrected chi connectivity index (χ1v) is 12.4. The summed E-state index contributed by atoms with van der Waals surface area (Å²) in [6.07, 6.45) is 4.13. The number of hydrogen-bond donors (Lipinski definition) is 0. The van der Waals surface area contributed by atoms with Gasteiger partial charge >= 0.3 is 5.97 Å². The van der Waals surface area contributed by atoms with Gasteiger partial charge < -0.3 is 14.4 Å². The molecular formula is C28H40FN3O3. The number of aromatic nitrogens is 2. The predicted molar refractivity (Wildman–Crippen MR) is 137 cm³/mol. The normalized spacial score (nSPS) is 16.9. The molecule has 1 aliphatic heterocycles. The number of carbonyl (C=O) groups excluding carboxylic acids is 1. The first-order valence-electron chi connectivity index (χ1n) is 12.4. The molecule has 2 aromatic rings. The lowest BCUT2D eigenvalue weighted by Gasteiger charge is -2.41. The molecule has 0 aliphatic carbocycles. The molecule has 0 radical (unpaired) electrons. The highest BCUT2D eigenvalue weighted by molar-refractivity contribution is 5.87. The van der Waals surface area contributed by atoms with E-state index in [-0.39, 0.29) is 11.5 Å². The lowest BCUT2D eigenvalue weighted by Crippen LogP contribution is -2.39. The first-order chi connectivity index (χ1) is 16.2. The van der Waals surface area contributed by atoms with Gasteiger partial charge in [-0.2, -0.15) is 4.39 Å². The molecule has 35 heavy (non-hydrogen) atoms. The predicted octanol–water partition coefficient (Wildman–Crippen LogP) is 6.33. The summed E-state index contributed by atoms with van der Waals surface area (Å²) in [6, 6.07) is 1.42. The zero-order valence-electron chi connectivity index (χ0n) is 22.7. The van der Waals surface area contributed by atoms with Crippen LogP contribution in [0.4, 0.5) is 10.1 Å².